The van der Waals surface area contributed by atoms with Crippen molar-refractivity contribution < 1.29 is 14.9 Å². The molecule has 1 aliphatic rings. The van der Waals surface area contributed by atoms with Gasteiger partial charge < -0.3 is 14.9 Å². The number of rotatable bonds is 4. The minimum Gasteiger partial charge on any atom is -0.497 e. The Morgan fingerprint density at radius 3 is 2.74 bits per heavy atom. The van der Waals surface area contributed by atoms with Crippen LogP contribution in [-0.2, 0) is 0 Å². The fourth-order valence-electron chi connectivity index (χ4n) is 2.39. The Kier molecular flexibility index (Phi) is 4.56. The quantitative estimate of drug-likeness (QED) is 0.814. The van der Waals surface area contributed by atoms with E-state index in [1.54, 1.807) is 13.3 Å². The first kappa shape index (κ1) is 14.0. The first-order chi connectivity index (χ1) is 9.14. The molecule has 4 heteroatoms. The summed E-state index contributed by atoms with van der Waals surface area (Å²) < 4.78 is 5.08. The Balaban J connectivity index is 1.94. The van der Waals surface area contributed by atoms with E-state index in [0.29, 0.717) is 12.8 Å². The van der Waals surface area contributed by atoms with E-state index in [2.05, 4.69) is 4.99 Å². The van der Waals surface area contributed by atoms with Crippen molar-refractivity contribution in [3.63, 3.8) is 0 Å². The predicted octanol–water partition coefficient (Wildman–Crippen LogP) is 1.78. The van der Waals surface area contributed by atoms with Gasteiger partial charge in [0.15, 0.2) is 0 Å². The van der Waals surface area contributed by atoms with Crippen LogP contribution in [0.5, 0.6) is 5.75 Å². The van der Waals surface area contributed by atoms with Crippen molar-refractivity contribution in [1.82, 2.24) is 0 Å². The predicted molar refractivity (Wildman–Crippen MR) is 74.9 cm³/mol. The first-order valence-corrected chi connectivity index (χ1v) is 6.68. The standard InChI is InChI=1S/C15H21NO3/c1-19-13-7-5-12(6-8-13)10-16-11-15(18)9-3-2-4-14(15)17/h5-8,10,14,17-18H,2-4,9,11H2,1H3/t14-,15+/m0/s1. The second-order valence-corrected chi connectivity index (χ2v) is 5.11. The molecule has 1 aromatic rings. The van der Waals surface area contributed by atoms with Gasteiger partial charge in [-0.05, 0) is 42.7 Å². The van der Waals surface area contributed by atoms with Crippen LogP contribution in [0.15, 0.2) is 29.3 Å². The first-order valence-electron chi connectivity index (χ1n) is 6.68. The van der Waals surface area contributed by atoms with Crippen LogP contribution in [0.2, 0.25) is 0 Å². The lowest BCUT2D eigenvalue weighted by Gasteiger charge is -2.35. The maximum atomic E-state index is 10.3. The van der Waals surface area contributed by atoms with Gasteiger partial charge in [-0.2, -0.15) is 0 Å². The Bertz CT molecular complexity index is 430. The summed E-state index contributed by atoms with van der Waals surface area (Å²) in [5, 5.41) is 20.2. The summed E-state index contributed by atoms with van der Waals surface area (Å²) >= 11 is 0. The van der Waals surface area contributed by atoms with Crippen LogP contribution in [-0.4, -0.2) is 41.8 Å². The van der Waals surface area contributed by atoms with Crippen molar-refractivity contribution in [2.75, 3.05) is 13.7 Å². The van der Waals surface area contributed by atoms with Crippen LogP contribution in [0.25, 0.3) is 0 Å². The summed E-state index contributed by atoms with van der Waals surface area (Å²) in [7, 11) is 1.63. The number of ether oxygens (including phenoxy) is 1. The lowest BCUT2D eigenvalue weighted by molar-refractivity contribution is -0.0921. The number of aliphatic imine (C=N–C) groups is 1. The monoisotopic (exact) mass is 263 g/mol. The van der Waals surface area contributed by atoms with Crippen molar-refractivity contribution in [2.24, 2.45) is 4.99 Å². The van der Waals surface area contributed by atoms with Gasteiger partial charge in [-0.3, -0.25) is 4.99 Å². The van der Waals surface area contributed by atoms with E-state index in [9.17, 15) is 10.2 Å². The van der Waals surface area contributed by atoms with Gasteiger partial charge in [-0.15, -0.1) is 0 Å². The third-order valence-electron chi connectivity index (χ3n) is 3.68. The maximum absolute atomic E-state index is 10.3. The third-order valence-corrected chi connectivity index (χ3v) is 3.68. The molecule has 1 fully saturated rings. The van der Waals surface area contributed by atoms with E-state index in [4.69, 9.17) is 4.74 Å². The molecule has 0 aliphatic heterocycles. The second-order valence-electron chi connectivity index (χ2n) is 5.11. The molecule has 1 aromatic carbocycles. The number of aliphatic hydroxyl groups excluding tert-OH is 1. The highest BCUT2D eigenvalue weighted by Gasteiger charge is 2.37. The largest absolute Gasteiger partial charge is 0.497 e. The van der Waals surface area contributed by atoms with Crippen molar-refractivity contribution in [3.05, 3.63) is 29.8 Å². The van der Waals surface area contributed by atoms with Crippen LogP contribution < -0.4 is 4.74 Å². The topological polar surface area (TPSA) is 62.0 Å². The molecular weight excluding hydrogens is 242 g/mol. The Morgan fingerprint density at radius 2 is 2.11 bits per heavy atom. The second kappa shape index (κ2) is 6.17. The zero-order valence-electron chi connectivity index (χ0n) is 11.2. The summed E-state index contributed by atoms with van der Waals surface area (Å²) in [6, 6.07) is 7.55. The Morgan fingerprint density at radius 1 is 1.37 bits per heavy atom. The fourth-order valence-corrected chi connectivity index (χ4v) is 2.39. The molecule has 0 bridgehead atoms. The third kappa shape index (κ3) is 3.55. The number of nitrogens with zero attached hydrogens (tertiary/aromatic N) is 1. The molecule has 0 spiro atoms. The van der Waals surface area contributed by atoms with E-state index in [1.165, 1.54) is 0 Å². The van der Waals surface area contributed by atoms with Gasteiger partial charge in [0.25, 0.3) is 0 Å². The molecule has 2 N–H and O–H groups in total. The maximum Gasteiger partial charge on any atom is 0.118 e. The van der Waals surface area contributed by atoms with Crippen LogP contribution in [0.1, 0.15) is 31.2 Å². The van der Waals surface area contributed by atoms with E-state index >= 15 is 0 Å². The van der Waals surface area contributed by atoms with E-state index in [0.717, 1.165) is 24.2 Å². The summed E-state index contributed by atoms with van der Waals surface area (Å²) in [4.78, 5) is 4.27. The molecular formula is C15H21NO3. The lowest BCUT2D eigenvalue weighted by atomic mass is 9.82. The highest BCUT2D eigenvalue weighted by atomic mass is 16.5. The Hall–Kier alpha value is -1.39. The molecule has 0 amide bonds. The van der Waals surface area contributed by atoms with Crippen molar-refractivity contribution in [1.29, 1.82) is 0 Å². The van der Waals surface area contributed by atoms with Crippen LogP contribution in [0.3, 0.4) is 0 Å². The van der Waals surface area contributed by atoms with Crippen LogP contribution in [0.4, 0.5) is 0 Å². The molecule has 0 aromatic heterocycles. The SMILES string of the molecule is COc1ccc(C=NC[C@]2(O)CCCC[C@@H]2O)cc1. The molecule has 1 aliphatic carbocycles. The normalized spacial score (nSPS) is 27.6. The van der Waals surface area contributed by atoms with E-state index < -0.39 is 11.7 Å². The molecule has 1 saturated carbocycles. The molecule has 0 heterocycles. The summed E-state index contributed by atoms with van der Waals surface area (Å²) in [5.41, 5.74) is -0.101. The minimum absolute atomic E-state index is 0.250. The smallest absolute Gasteiger partial charge is 0.118 e. The van der Waals surface area contributed by atoms with Gasteiger partial charge >= 0.3 is 0 Å². The van der Waals surface area contributed by atoms with Gasteiger partial charge in [0.2, 0.25) is 0 Å². The molecule has 104 valence electrons. The Labute approximate surface area is 113 Å². The fraction of sp³-hybridized carbons (Fsp3) is 0.533. The number of hydrogen-bond donors (Lipinski definition) is 2. The van der Waals surface area contributed by atoms with Crippen LogP contribution in [0, 0.1) is 0 Å². The van der Waals surface area contributed by atoms with Gasteiger partial charge in [0, 0.05) is 6.21 Å². The summed E-state index contributed by atoms with van der Waals surface area (Å²) in [5.74, 6) is 0.804. The number of aliphatic hydroxyl groups is 2. The molecule has 19 heavy (non-hydrogen) atoms. The summed E-state index contributed by atoms with van der Waals surface area (Å²) in [6.07, 6.45) is 4.27. The zero-order valence-corrected chi connectivity index (χ0v) is 11.2. The number of hydrogen-bond acceptors (Lipinski definition) is 4. The molecule has 0 unspecified atom stereocenters. The number of methoxy groups -OCH3 is 1. The minimum atomic E-state index is -1.05. The highest BCUT2D eigenvalue weighted by molar-refractivity contribution is 5.79. The highest BCUT2D eigenvalue weighted by Crippen LogP contribution is 2.28. The summed E-state index contributed by atoms with van der Waals surface area (Å²) in [6.45, 7) is 0.250. The average molecular weight is 263 g/mol. The average Bonchev–Trinajstić information content (AvgIpc) is 2.43. The van der Waals surface area contributed by atoms with Gasteiger partial charge in [-0.1, -0.05) is 12.8 Å². The molecule has 2 rings (SSSR count). The van der Waals surface area contributed by atoms with Gasteiger partial charge in [0.1, 0.15) is 11.4 Å². The van der Waals surface area contributed by atoms with Crippen molar-refractivity contribution >= 4 is 6.21 Å². The van der Waals surface area contributed by atoms with Gasteiger partial charge in [0.05, 0.1) is 19.8 Å². The number of benzene rings is 1. The molecule has 0 saturated heterocycles. The van der Waals surface area contributed by atoms with Crippen molar-refractivity contribution in [2.45, 2.75) is 37.4 Å². The van der Waals surface area contributed by atoms with Crippen LogP contribution >= 0.6 is 0 Å². The molecule has 0 radical (unpaired) electrons. The van der Waals surface area contributed by atoms with E-state index in [-0.39, 0.29) is 6.54 Å². The zero-order chi connectivity index (χ0) is 13.7. The molecule has 2 atom stereocenters. The lowest BCUT2D eigenvalue weighted by Crippen LogP contribution is -2.47. The van der Waals surface area contributed by atoms with Crippen molar-refractivity contribution in [3.8, 4) is 5.75 Å². The molecule has 4 nitrogen and oxygen atoms in total. The van der Waals surface area contributed by atoms with Gasteiger partial charge in [-0.25, -0.2) is 0 Å². The van der Waals surface area contributed by atoms with E-state index in [1.807, 2.05) is 24.3 Å².